The minimum Gasteiger partial charge on any atom is -0.492 e. The molecule has 1 fully saturated rings. The van der Waals surface area contributed by atoms with E-state index in [1.54, 1.807) is 28.0 Å². The second kappa shape index (κ2) is 9.51. The van der Waals surface area contributed by atoms with Crippen LogP contribution in [0.4, 0.5) is 4.79 Å². The molecule has 1 aromatic carbocycles. The van der Waals surface area contributed by atoms with Gasteiger partial charge in [-0.15, -0.1) is 0 Å². The molecule has 0 aromatic heterocycles. The number of hydrogen-bond acceptors (Lipinski definition) is 4. The van der Waals surface area contributed by atoms with Crippen LogP contribution in [0.5, 0.6) is 5.75 Å². The van der Waals surface area contributed by atoms with Gasteiger partial charge < -0.3 is 19.3 Å². The highest BCUT2D eigenvalue weighted by Crippen LogP contribution is 2.27. The molecule has 0 unspecified atom stereocenters. The Kier molecular flexibility index (Phi) is 7.62. The topological polar surface area (TPSA) is 59.1 Å². The number of halogens is 2. The van der Waals surface area contributed by atoms with Gasteiger partial charge in [0.2, 0.25) is 5.91 Å². The fraction of sp³-hybridized carbons (Fsp3) is 0.579. The summed E-state index contributed by atoms with van der Waals surface area (Å²) >= 11 is 11.9. The van der Waals surface area contributed by atoms with Crippen molar-refractivity contribution < 1.29 is 19.1 Å². The summed E-state index contributed by atoms with van der Waals surface area (Å²) in [4.78, 5) is 27.8. The molecular weight excluding hydrogens is 391 g/mol. The van der Waals surface area contributed by atoms with Gasteiger partial charge in [-0.2, -0.15) is 0 Å². The lowest BCUT2D eigenvalue weighted by Crippen LogP contribution is -2.51. The largest absolute Gasteiger partial charge is 0.492 e. The second-order valence-corrected chi connectivity index (χ2v) is 8.22. The van der Waals surface area contributed by atoms with Crippen molar-refractivity contribution in [3.8, 4) is 5.75 Å². The molecule has 27 heavy (non-hydrogen) atoms. The Morgan fingerprint density at radius 2 is 1.70 bits per heavy atom. The Bertz CT molecular complexity index is 668. The Hall–Kier alpha value is -1.66. The Morgan fingerprint density at radius 3 is 2.30 bits per heavy atom. The number of rotatable bonds is 5. The minimum atomic E-state index is -0.517. The lowest BCUT2D eigenvalue weighted by Gasteiger charge is -2.35. The zero-order valence-corrected chi connectivity index (χ0v) is 17.5. The van der Waals surface area contributed by atoms with Gasteiger partial charge in [0.15, 0.2) is 0 Å². The number of amides is 2. The van der Waals surface area contributed by atoms with Crippen molar-refractivity contribution in [2.24, 2.45) is 0 Å². The molecular formula is C19H26Cl2N2O4. The average molecular weight is 417 g/mol. The van der Waals surface area contributed by atoms with Gasteiger partial charge in [0.1, 0.15) is 11.4 Å². The van der Waals surface area contributed by atoms with Crippen LogP contribution in [-0.2, 0) is 9.53 Å². The van der Waals surface area contributed by atoms with Crippen molar-refractivity contribution in [3.63, 3.8) is 0 Å². The lowest BCUT2D eigenvalue weighted by atomic mass is 10.2. The monoisotopic (exact) mass is 416 g/mol. The van der Waals surface area contributed by atoms with E-state index in [9.17, 15) is 9.59 Å². The molecule has 2 rings (SSSR count). The number of ether oxygens (including phenoxy) is 2. The van der Waals surface area contributed by atoms with E-state index in [2.05, 4.69) is 0 Å². The molecule has 1 saturated heterocycles. The molecule has 0 saturated carbocycles. The Labute approximate surface area is 170 Å². The summed E-state index contributed by atoms with van der Waals surface area (Å²) in [6.45, 7) is 7.90. The van der Waals surface area contributed by atoms with Crippen LogP contribution in [0.1, 0.15) is 33.6 Å². The van der Waals surface area contributed by atoms with Gasteiger partial charge in [0.25, 0.3) is 0 Å². The second-order valence-electron chi connectivity index (χ2n) is 7.37. The summed E-state index contributed by atoms with van der Waals surface area (Å²) in [6, 6.07) is 5.04. The van der Waals surface area contributed by atoms with Crippen LogP contribution in [0.15, 0.2) is 18.2 Å². The van der Waals surface area contributed by atoms with Crippen LogP contribution in [0, 0.1) is 0 Å². The van der Waals surface area contributed by atoms with Gasteiger partial charge in [-0.25, -0.2) is 4.79 Å². The predicted octanol–water partition coefficient (Wildman–Crippen LogP) is 4.23. The lowest BCUT2D eigenvalue weighted by molar-refractivity contribution is -0.133. The summed E-state index contributed by atoms with van der Waals surface area (Å²) in [5.41, 5.74) is -0.517. The molecule has 8 heteroatoms. The number of hydrogen-bond donors (Lipinski definition) is 0. The fourth-order valence-corrected chi connectivity index (χ4v) is 3.08. The van der Waals surface area contributed by atoms with Crippen molar-refractivity contribution >= 4 is 35.2 Å². The summed E-state index contributed by atoms with van der Waals surface area (Å²) in [6.07, 6.45) is 0.643. The SMILES string of the molecule is CC(C)(C)OC(=O)N1CCN(C(=O)CCCOc2ccc(Cl)cc2Cl)CC1. The molecule has 1 aliphatic heterocycles. The van der Waals surface area contributed by atoms with Gasteiger partial charge in [0, 0.05) is 37.6 Å². The van der Waals surface area contributed by atoms with E-state index >= 15 is 0 Å². The molecule has 150 valence electrons. The zero-order chi connectivity index (χ0) is 20.0. The molecule has 0 atom stereocenters. The molecule has 0 bridgehead atoms. The molecule has 1 heterocycles. The summed E-state index contributed by atoms with van der Waals surface area (Å²) in [5.74, 6) is 0.615. The van der Waals surface area contributed by atoms with E-state index in [1.165, 1.54) is 0 Å². The van der Waals surface area contributed by atoms with Crippen LogP contribution in [0.2, 0.25) is 10.0 Å². The van der Waals surface area contributed by atoms with Gasteiger partial charge in [-0.1, -0.05) is 23.2 Å². The molecule has 0 N–H and O–H groups in total. The van der Waals surface area contributed by atoms with Crippen LogP contribution < -0.4 is 4.74 Å². The molecule has 2 amide bonds. The van der Waals surface area contributed by atoms with Gasteiger partial charge in [-0.05, 0) is 45.4 Å². The highest BCUT2D eigenvalue weighted by atomic mass is 35.5. The third kappa shape index (κ3) is 7.11. The Morgan fingerprint density at radius 1 is 1.07 bits per heavy atom. The summed E-state index contributed by atoms with van der Waals surface area (Å²) in [5, 5.41) is 1.00. The van der Waals surface area contributed by atoms with E-state index in [4.69, 9.17) is 32.7 Å². The highest BCUT2D eigenvalue weighted by molar-refractivity contribution is 6.35. The maximum Gasteiger partial charge on any atom is 0.410 e. The molecule has 6 nitrogen and oxygen atoms in total. The van der Waals surface area contributed by atoms with E-state index in [0.717, 1.165) is 0 Å². The first-order valence-electron chi connectivity index (χ1n) is 8.99. The maximum absolute atomic E-state index is 12.3. The number of piperazine rings is 1. The van der Waals surface area contributed by atoms with Crippen LogP contribution in [-0.4, -0.2) is 60.2 Å². The van der Waals surface area contributed by atoms with Crippen molar-refractivity contribution in [3.05, 3.63) is 28.2 Å². The third-order valence-electron chi connectivity index (χ3n) is 3.97. The number of carbonyl (C=O) groups excluding carboxylic acids is 2. The van der Waals surface area contributed by atoms with E-state index < -0.39 is 5.60 Å². The van der Waals surface area contributed by atoms with E-state index in [1.807, 2.05) is 20.8 Å². The third-order valence-corrected chi connectivity index (χ3v) is 4.50. The number of benzene rings is 1. The minimum absolute atomic E-state index is 0.0599. The molecule has 0 aliphatic carbocycles. The van der Waals surface area contributed by atoms with Crippen LogP contribution in [0.25, 0.3) is 0 Å². The van der Waals surface area contributed by atoms with Crippen molar-refractivity contribution in [1.82, 2.24) is 9.80 Å². The van der Waals surface area contributed by atoms with Crippen LogP contribution >= 0.6 is 23.2 Å². The fourth-order valence-electron chi connectivity index (χ4n) is 2.62. The van der Waals surface area contributed by atoms with Crippen molar-refractivity contribution in [1.29, 1.82) is 0 Å². The summed E-state index contributed by atoms with van der Waals surface area (Å²) in [7, 11) is 0. The number of carbonyl (C=O) groups is 2. The van der Waals surface area contributed by atoms with Crippen molar-refractivity contribution in [2.75, 3.05) is 32.8 Å². The van der Waals surface area contributed by atoms with E-state index in [0.29, 0.717) is 61.4 Å². The molecule has 0 radical (unpaired) electrons. The van der Waals surface area contributed by atoms with Gasteiger partial charge in [-0.3, -0.25) is 4.79 Å². The molecule has 0 spiro atoms. The normalized spacial score (nSPS) is 14.9. The Balaban J connectivity index is 1.68. The summed E-state index contributed by atoms with van der Waals surface area (Å²) < 4.78 is 11.0. The first-order valence-corrected chi connectivity index (χ1v) is 9.75. The maximum atomic E-state index is 12.3. The first-order chi connectivity index (χ1) is 12.7. The zero-order valence-electron chi connectivity index (χ0n) is 16.0. The molecule has 1 aromatic rings. The van der Waals surface area contributed by atoms with Crippen LogP contribution in [0.3, 0.4) is 0 Å². The highest BCUT2D eigenvalue weighted by Gasteiger charge is 2.27. The average Bonchev–Trinajstić information content (AvgIpc) is 2.58. The van der Waals surface area contributed by atoms with Gasteiger partial charge in [0.05, 0.1) is 11.6 Å². The van der Waals surface area contributed by atoms with Gasteiger partial charge >= 0.3 is 6.09 Å². The molecule has 1 aliphatic rings. The first kappa shape index (κ1) is 21.6. The number of nitrogens with zero attached hydrogens (tertiary/aromatic N) is 2. The predicted molar refractivity (Wildman–Crippen MR) is 106 cm³/mol. The smallest absolute Gasteiger partial charge is 0.410 e. The van der Waals surface area contributed by atoms with E-state index in [-0.39, 0.29) is 12.0 Å². The van der Waals surface area contributed by atoms with Crippen molar-refractivity contribution in [2.45, 2.75) is 39.2 Å². The standard InChI is InChI=1S/C19H26Cl2N2O4/c1-19(2,3)27-18(25)23-10-8-22(9-11-23)17(24)5-4-12-26-16-7-6-14(20)13-15(16)21/h6-7,13H,4-5,8-12H2,1-3H3. The quantitative estimate of drug-likeness (QED) is 0.673.